The van der Waals surface area contributed by atoms with E-state index in [1.165, 1.54) is 6.08 Å². The summed E-state index contributed by atoms with van der Waals surface area (Å²) in [5.41, 5.74) is 1.73. The first kappa shape index (κ1) is 35.0. The Bertz CT molecular complexity index is 1170. The van der Waals surface area contributed by atoms with E-state index in [1.807, 2.05) is 48.5 Å². The number of allylic oxidation sites excluding steroid dienone is 2. The van der Waals surface area contributed by atoms with Gasteiger partial charge in [-0.3, -0.25) is 14.4 Å². The Labute approximate surface area is 254 Å². The van der Waals surface area contributed by atoms with Crippen LogP contribution in [-0.4, -0.2) is 54.2 Å². The van der Waals surface area contributed by atoms with E-state index in [0.29, 0.717) is 12.8 Å². The van der Waals surface area contributed by atoms with Crippen molar-refractivity contribution in [3.63, 3.8) is 0 Å². The number of carbonyl (C=O) groups is 4. The van der Waals surface area contributed by atoms with Crippen LogP contribution < -0.4 is 10.6 Å². The summed E-state index contributed by atoms with van der Waals surface area (Å²) in [4.78, 5) is 52.1. The third-order valence-electron chi connectivity index (χ3n) is 6.77. The van der Waals surface area contributed by atoms with Crippen molar-refractivity contribution >= 4 is 23.8 Å². The van der Waals surface area contributed by atoms with Gasteiger partial charge in [0.05, 0.1) is 18.4 Å². The van der Waals surface area contributed by atoms with Crippen molar-refractivity contribution < 1.29 is 33.8 Å². The van der Waals surface area contributed by atoms with Gasteiger partial charge in [-0.05, 0) is 50.2 Å². The third-order valence-corrected chi connectivity index (χ3v) is 6.77. The van der Waals surface area contributed by atoms with Gasteiger partial charge in [0, 0.05) is 12.5 Å². The number of nitrogens with one attached hydrogen (secondary N) is 2. The number of unbranched alkanes of at least 4 members (excludes halogenated alkanes) is 1. The highest BCUT2D eigenvalue weighted by atomic mass is 16.6. The molecule has 0 aromatic heterocycles. The lowest BCUT2D eigenvalue weighted by atomic mass is 9.94. The summed E-state index contributed by atoms with van der Waals surface area (Å²) in [6.45, 7) is 8.34. The first-order chi connectivity index (χ1) is 20.8. The average molecular weight is 593 g/mol. The van der Waals surface area contributed by atoms with E-state index in [1.54, 1.807) is 25.1 Å². The maximum Gasteiger partial charge on any atom is 0.332 e. The molecule has 0 aliphatic carbocycles. The third kappa shape index (κ3) is 13.5. The molecule has 9 nitrogen and oxygen atoms in total. The molecule has 0 bridgehead atoms. The van der Waals surface area contributed by atoms with Crippen molar-refractivity contribution in [3.05, 3.63) is 97.1 Å². The minimum absolute atomic E-state index is 0.0320. The van der Waals surface area contributed by atoms with Crippen LogP contribution in [0.5, 0.6) is 0 Å². The van der Waals surface area contributed by atoms with Crippen molar-refractivity contribution in [2.24, 2.45) is 11.8 Å². The molecule has 0 fully saturated rings. The zero-order valence-electron chi connectivity index (χ0n) is 24.9. The van der Waals surface area contributed by atoms with Crippen LogP contribution in [0.1, 0.15) is 50.2 Å². The second-order valence-corrected chi connectivity index (χ2v) is 10.5. The average Bonchev–Trinajstić information content (AvgIpc) is 3.01. The van der Waals surface area contributed by atoms with Crippen molar-refractivity contribution in [1.29, 1.82) is 0 Å². The van der Waals surface area contributed by atoms with E-state index < -0.39 is 54.3 Å². The molecular weight excluding hydrogens is 548 g/mol. The molecule has 9 heteroatoms. The summed E-state index contributed by atoms with van der Waals surface area (Å²) in [7, 11) is 0. The van der Waals surface area contributed by atoms with Crippen LogP contribution >= 0.6 is 0 Å². The molecule has 0 spiro atoms. The maximum absolute atomic E-state index is 13.3. The van der Waals surface area contributed by atoms with Crippen molar-refractivity contribution in [1.82, 2.24) is 10.6 Å². The number of hydrogen-bond acceptors (Lipinski definition) is 7. The van der Waals surface area contributed by atoms with Crippen LogP contribution in [0.3, 0.4) is 0 Å². The second-order valence-electron chi connectivity index (χ2n) is 10.5. The van der Waals surface area contributed by atoms with E-state index >= 15 is 0 Å². The fourth-order valence-corrected chi connectivity index (χ4v) is 4.37. The molecule has 4 atom stereocenters. The zero-order valence-corrected chi connectivity index (χ0v) is 24.9. The molecule has 43 heavy (non-hydrogen) atoms. The molecule has 0 saturated carbocycles. The molecule has 0 aliphatic heterocycles. The van der Waals surface area contributed by atoms with Crippen LogP contribution in [0.2, 0.25) is 0 Å². The van der Waals surface area contributed by atoms with Gasteiger partial charge in [0.25, 0.3) is 0 Å². The van der Waals surface area contributed by atoms with Gasteiger partial charge in [-0.25, -0.2) is 4.79 Å². The number of aliphatic hydroxyl groups is 1. The zero-order chi connectivity index (χ0) is 31.5. The number of ether oxygens (including phenoxy) is 2. The van der Waals surface area contributed by atoms with Crippen LogP contribution in [0.15, 0.2) is 86.0 Å². The summed E-state index contributed by atoms with van der Waals surface area (Å²) in [6.07, 6.45) is 5.81. The summed E-state index contributed by atoms with van der Waals surface area (Å²) in [6, 6.07) is 16.9. The predicted octanol–water partition coefficient (Wildman–Crippen LogP) is 4.05. The summed E-state index contributed by atoms with van der Waals surface area (Å²) >= 11 is 0. The van der Waals surface area contributed by atoms with Gasteiger partial charge in [-0.2, -0.15) is 0 Å². The molecule has 232 valence electrons. The van der Waals surface area contributed by atoms with E-state index in [9.17, 15) is 24.3 Å². The molecule has 0 heterocycles. The Morgan fingerprint density at radius 3 is 2.12 bits per heavy atom. The number of carbonyl (C=O) groups excluding carboxylic acids is 4. The molecule has 2 aromatic carbocycles. The van der Waals surface area contributed by atoms with Crippen LogP contribution in [0, 0.1) is 11.8 Å². The van der Waals surface area contributed by atoms with Gasteiger partial charge in [0.2, 0.25) is 11.8 Å². The number of benzene rings is 2. The topological polar surface area (TPSA) is 131 Å². The number of amides is 2. The molecule has 0 aliphatic rings. The Morgan fingerprint density at radius 2 is 1.51 bits per heavy atom. The lowest BCUT2D eigenvalue weighted by Gasteiger charge is -2.23. The standard InChI is InChI=1S/C34H44N2O7/c1-4-6-9-19-29(20-26-15-10-7-11-16-26)33(40)43-24-30(34(41)42-23-27-17-12-8-13-18-27)36-32(39)28(14-5-2)21-31(38)35-25(3)22-37/h4-5,7-8,10-13,15-18,25,28-30,37H,1-2,6,9,14,19-24H2,3H3,(H,35,38)(H,36,39). The quantitative estimate of drug-likeness (QED) is 0.120. The van der Waals surface area contributed by atoms with Gasteiger partial charge in [0.15, 0.2) is 6.04 Å². The lowest BCUT2D eigenvalue weighted by molar-refractivity contribution is -0.157. The minimum Gasteiger partial charge on any atom is -0.463 e. The number of aliphatic hydroxyl groups excluding tert-OH is 1. The summed E-state index contributed by atoms with van der Waals surface area (Å²) in [5, 5.41) is 14.5. The fourth-order valence-electron chi connectivity index (χ4n) is 4.37. The first-order valence-corrected chi connectivity index (χ1v) is 14.6. The van der Waals surface area contributed by atoms with Gasteiger partial charge >= 0.3 is 11.9 Å². The molecule has 0 radical (unpaired) electrons. The van der Waals surface area contributed by atoms with Gasteiger partial charge in [0.1, 0.15) is 13.2 Å². The SMILES string of the molecule is C=CCCCC(Cc1ccccc1)C(=O)OCC(NC(=O)C(CC=C)CC(=O)NC(C)CO)C(=O)OCc1ccccc1. The smallest absolute Gasteiger partial charge is 0.332 e. The van der Waals surface area contributed by atoms with Gasteiger partial charge in [-0.1, -0.05) is 72.8 Å². The normalized spacial score (nSPS) is 13.4. The highest BCUT2D eigenvalue weighted by Crippen LogP contribution is 2.18. The second kappa shape index (κ2) is 19.8. The number of rotatable bonds is 20. The minimum atomic E-state index is -1.29. The molecule has 2 aromatic rings. The molecule has 2 rings (SSSR count). The monoisotopic (exact) mass is 592 g/mol. The molecular formula is C34H44N2O7. The molecule has 0 saturated heterocycles. The van der Waals surface area contributed by atoms with E-state index in [-0.39, 0.29) is 26.1 Å². The van der Waals surface area contributed by atoms with E-state index in [4.69, 9.17) is 9.47 Å². The highest BCUT2D eigenvalue weighted by molar-refractivity contribution is 5.89. The van der Waals surface area contributed by atoms with Gasteiger partial charge < -0.3 is 25.2 Å². The molecule has 3 N–H and O–H groups in total. The Balaban J connectivity index is 2.16. The fraction of sp³-hybridized carbons (Fsp3) is 0.412. The Hall–Kier alpha value is -4.24. The van der Waals surface area contributed by atoms with Crippen LogP contribution in [0.25, 0.3) is 0 Å². The predicted molar refractivity (Wildman–Crippen MR) is 164 cm³/mol. The summed E-state index contributed by atoms with van der Waals surface area (Å²) in [5.74, 6) is -3.56. The number of hydrogen-bond donors (Lipinski definition) is 3. The van der Waals surface area contributed by atoms with Crippen molar-refractivity contribution in [3.8, 4) is 0 Å². The van der Waals surface area contributed by atoms with Gasteiger partial charge in [-0.15, -0.1) is 13.2 Å². The van der Waals surface area contributed by atoms with Crippen molar-refractivity contribution in [2.75, 3.05) is 13.2 Å². The largest absolute Gasteiger partial charge is 0.463 e. The van der Waals surface area contributed by atoms with Crippen LogP contribution in [-0.2, 0) is 41.7 Å². The molecule has 4 unspecified atom stereocenters. The first-order valence-electron chi connectivity index (χ1n) is 14.6. The highest BCUT2D eigenvalue weighted by Gasteiger charge is 2.30. The number of esters is 2. The summed E-state index contributed by atoms with van der Waals surface area (Å²) < 4.78 is 11.1. The molecule has 2 amide bonds. The lowest BCUT2D eigenvalue weighted by Crippen LogP contribution is -2.48. The maximum atomic E-state index is 13.3. The Kier molecular flexibility index (Phi) is 16.1. The van der Waals surface area contributed by atoms with Crippen LogP contribution in [0.4, 0.5) is 0 Å². The van der Waals surface area contributed by atoms with E-state index in [2.05, 4.69) is 23.8 Å². The van der Waals surface area contributed by atoms with Crippen molar-refractivity contribution in [2.45, 2.75) is 64.1 Å². The van der Waals surface area contributed by atoms with E-state index in [0.717, 1.165) is 24.0 Å². The Morgan fingerprint density at radius 1 is 0.860 bits per heavy atom.